The van der Waals surface area contributed by atoms with Crippen molar-refractivity contribution in [2.24, 2.45) is 0 Å². The molecule has 0 aromatic carbocycles. The lowest BCUT2D eigenvalue weighted by molar-refractivity contribution is 0.253. The number of aromatic nitrogens is 5. The molecular formula is C10H16N6O. The number of H-pyrrole nitrogens is 1. The fourth-order valence-corrected chi connectivity index (χ4v) is 1.54. The standard InChI is InChI=1S/C10H16N6O/c1-4-16(5-9-11-7(2)13-14-9)6-10-12-8(3)17-15-10/h4-6H2,1-3H3,(H,11,13,14). The van der Waals surface area contributed by atoms with Gasteiger partial charge in [-0.05, 0) is 13.5 Å². The predicted molar refractivity (Wildman–Crippen MR) is 59.9 cm³/mol. The van der Waals surface area contributed by atoms with E-state index in [-0.39, 0.29) is 0 Å². The van der Waals surface area contributed by atoms with Gasteiger partial charge in [0.1, 0.15) is 5.82 Å². The van der Waals surface area contributed by atoms with Gasteiger partial charge in [0, 0.05) is 6.92 Å². The largest absolute Gasteiger partial charge is 0.340 e. The molecule has 0 atom stereocenters. The highest BCUT2D eigenvalue weighted by Crippen LogP contribution is 2.04. The smallest absolute Gasteiger partial charge is 0.223 e. The highest BCUT2D eigenvalue weighted by Gasteiger charge is 2.11. The second kappa shape index (κ2) is 5.05. The molecule has 92 valence electrons. The third-order valence-corrected chi connectivity index (χ3v) is 2.39. The van der Waals surface area contributed by atoms with Gasteiger partial charge in [0.25, 0.3) is 0 Å². The second-order valence-corrected chi connectivity index (χ2v) is 3.87. The summed E-state index contributed by atoms with van der Waals surface area (Å²) in [5.41, 5.74) is 0. The van der Waals surface area contributed by atoms with Gasteiger partial charge < -0.3 is 4.52 Å². The summed E-state index contributed by atoms with van der Waals surface area (Å²) < 4.78 is 4.94. The summed E-state index contributed by atoms with van der Waals surface area (Å²) in [4.78, 5) is 10.6. The number of nitrogens with zero attached hydrogens (tertiary/aromatic N) is 5. The Morgan fingerprint density at radius 2 is 1.94 bits per heavy atom. The Balaban J connectivity index is 1.97. The maximum absolute atomic E-state index is 4.94. The van der Waals surface area contributed by atoms with Crippen molar-refractivity contribution in [2.75, 3.05) is 6.54 Å². The van der Waals surface area contributed by atoms with Crippen LogP contribution in [0.3, 0.4) is 0 Å². The molecule has 0 fully saturated rings. The van der Waals surface area contributed by atoms with Crippen molar-refractivity contribution in [2.45, 2.75) is 33.9 Å². The fraction of sp³-hybridized carbons (Fsp3) is 0.600. The Bertz CT molecular complexity index is 434. The van der Waals surface area contributed by atoms with Crippen molar-refractivity contribution >= 4 is 0 Å². The zero-order valence-electron chi connectivity index (χ0n) is 10.3. The van der Waals surface area contributed by atoms with E-state index in [1.807, 2.05) is 6.92 Å². The van der Waals surface area contributed by atoms with Gasteiger partial charge in [0.2, 0.25) is 5.89 Å². The maximum Gasteiger partial charge on any atom is 0.223 e. The van der Waals surface area contributed by atoms with Crippen LogP contribution in [0.1, 0.15) is 30.3 Å². The van der Waals surface area contributed by atoms with Gasteiger partial charge in [0.15, 0.2) is 11.6 Å². The van der Waals surface area contributed by atoms with Crippen molar-refractivity contribution < 1.29 is 4.52 Å². The van der Waals surface area contributed by atoms with Gasteiger partial charge in [-0.2, -0.15) is 10.1 Å². The normalized spacial score (nSPS) is 11.3. The maximum atomic E-state index is 4.94. The van der Waals surface area contributed by atoms with Crippen molar-refractivity contribution in [3.8, 4) is 0 Å². The average molecular weight is 236 g/mol. The van der Waals surface area contributed by atoms with E-state index in [1.54, 1.807) is 6.92 Å². The summed E-state index contributed by atoms with van der Waals surface area (Å²) in [6.07, 6.45) is 0. The van der Waals surface area contributed by atoms with Crippen molar-refractivity contribution in [3.63, 3.8) is 0 Å². The molecule has 0 amide bonds. The Hall–Kier alpha value is -1.76. The average Bonchev–Trinajstić information content (AvgIpc) is 2.87. The number of hydrogen-bond acceptors (Lipinski definition) is 6. The molecule has 0 spiro atoms. The number of aryl methyl sites for hydroxylation is 2. The third kappa shape index (κ3) is 3.10. The summed E-state index contributed by atoms with van der Waals surface area (Å²) in [5, 5.41) is 10.8. The molecule has 1 N–H and O–H groups in total. The molecule has 0 radical (unpaired) electrons. The molecule has 0 unspecified atom stereocenters. The first-order chi connectivity index (χ1) is 8.17. The molecule has 0 aliphatic rings. The Morgan fingerprint density at radius 3 is 2.47 bits per heavy atom. The van der Waals surface area contributed by atoms with Crippen LogP contribution in [0.25, 0.3) is 0 Å². The van der Waals surface area contributed by atoms with Crippen LogP contribution >= 0.6 is 0 Å². The van der Waals surface area contributed by atoms with Crippen molar-refractivity contribution in [1.29, 1.82) is 0 Å². The van der Waals surface area contributed by atoms with E-state index in [0.29, 0.717) is 24.8 Å². The minimum absolute atomic E-state index is 0.588. The van der Waals surface area contributed by atoms with E-state index in [4.69, 9.17) is 4.52 Å². The Labute approximate surface area is 99.2 Å². The summed E-state index contributed by atoms with van der Waals surface area (Å²) in [7, 11) is 0. The molecule has 0 aliphatic heterocycles. The Kier molecular flexibility index (Phi) is 3.48. The first kappa shape index (κ1) is 11.7. The topological polar surface area (TPSA) is 83.7 Å². The van der Waals surface area contributed by atoms with Gasteiger partial charge in [-0.15, -0.1) is 0 Å². The van der Waals surface area contributed by atoms with Crippen molar-refractivity contribution in [3.05, 3.63) is 23.4 Å². The molecule has 17 heavy (non-hydrogen) atoms. The quantitative estimate of drug-likeness (QED) is 0.827. The molecule has 2 aromatic rings. The molecule has 0 aliphatic carbocycles. The van der Waals surface area contributed by atoms with Crippen LogP contribution in [-0.2, 0) is 13.1 Å². The Morgan fingerprint density at radius 1 is 1.18 bits per heavy atom. The molecular weight excluding hydrogens is 220 g/mol. The zero-order valence-corrected chi connectivity index (χ0v) is 10.3. The molecule has 7 heteroatoms. The van der Waals surface area contributed by atoms with Crippen LogP contribution in [0.2, 0.25) is 0 Å². The lowest BCUT2D eigenvalue weighted by atomic mass is 10.4. The number of nitrogens with one attached hydrogen (secondary N) is 1. The molecule has 0 bridgehead atoms. The molecule has 2 heterocycles. The van der Waals surface area contributed by atoms with E-state index in [0.717, 1.165) is 18.2 Å². The molecule has 2 aromatic heterocycles. The van der Waals surface area contributed by atoms with Crippen LogP contribution < -0.4 is 0 Å². The lowest BCUT2D eigenvalue weighted by Crippen LogP contribution is -2.23. The van der Waals surface area contributed by atoms with Crippen LogP contribution in [0.5, 0.6) is 0 Å². The number of rotatable bonds is 5. The minimum Gasteiger partial charge on any atom is -0.340 e. The van der Waals surface area contributed by atoms with Crippen LogP contribution in [0.15, 0.2) is 4.52 Å². The zero-order chi connectivity index (χ0) is 12.3. The first-order valence-electron chi connectivity index (χ1n) is 5.56. The third-order valence-electron chi connectivity index (χ3n) is 2.39. The van der Waals surface area contributed by atoms with Crippen LogP contribution in [0, 0.1) is 13.8 Å². The first-order valence-corrected chi connectivity index (χ1v) is 5.56. The number of aromatic amines is 1. The van der Waals surface area contributed by atoms with Gasteiger partial charge in [0.05, 0.1) is 13.1 Å². The second-order valence-electron chi connectivity index (χ2n) is 3.87. The monoisotopic (exact) mass is 236 g/mol. The molecule has 0 saturated carbocycles. The van der Waals surface area contributed by atoms with E-state index >= 15 is 0 Å². The summed E-state index contributed by atoms with van der Waals surface area (Å²) in [6, 6.07) is 0. The highest BCUT2D eigenvalue weighted by atomic mass is 16.5. The van der Waals surface area contributed by atoms with Gasteiger partial charge in [-0.25, -0.2) is 4.98 Å². The lowest BCUT2D eigenvalue weighted by Gasteiger charge is -2.15. The van der Waals surface area contributed by atoms with E-state index in [9.17, 15) is 0 Å². The molecule has 0 saturated heterocycles. The van der Waals surface area contributed by atoms with Crippen molar-refractivity contribution in [1.82, 2.24) is 30.2 Å². The van der Waals surface area contributed by atoms with Crippen LogP contribution in [-0.4, -0.2) is 36.8 Å². The predicted octanol–water partition coefficient (Wildman–Crippen LogP) is 0.827. The van der Waals surface area contributed by atoms with E-state index in [1.165, 1.54) is 0 Å². The van der Waals surface area contributed by atoms with E-state index < -0.39 is 0 Å². The summed E-state index contributed by atoms with van der Waals surface area (Å²) in [5.74, 6) is 2.89. The number of hydrogen-bond donors (Lipinski definition) is 1. The van der Waals surface area contributed by atoms with Gasteiger partial charge in [-0.1, -0.05) is 12.1 Å². The van der Waals surface area contributed by atoms with E-state index in [2.05, 4.69) is 37.1 Å². The summed E-state index contributed by atoms with van der Waals surface area (Å²) in [6.45, 7) is 7.93. The minimum atomic E-state index is 0.588. The summed E-state index contributed by atoms with van der Waals surface area (Å²) >= 11 is 0. The van der Waals surface area contributed by atoms with Gasteiger partial charge >= 0.3 is 0 Å². The fourth-order valence-electron chi connectivity index (χ4n) is 1.54. The highest BCUT2D eigenvalue weighted by molar-refractivity contribution is 4.89. The van der Waals surface area contributed by atoms with Crippen LogP contribution in [0.4, 0.5) is 0 Å². The molecule has 7 nitrogen and oxygen atoms in total. The SMILES string of the molecule is CCN(Cc1n[nH]c(C)n1)Cc1noc(C)n1. The molecule has 2 rings (SSSR count). The van der Waals surface area contributed by atoms with Gasteiger partial charge in [-0.3, -0.25) is 10.00 Å².